The van der Waals surface area contributed by atoms with Crippen molar-refractivity contribution in [3.63, 3.8) is 0 Å². The summed E-state index contributed by atoms with van der Waals surface area (Å²) in [5.41, 5.74) is 1.38. The van der Waals surface area contributed by atoms with Gasteiger partial charge in [0.1, 0.15) is 17.6 Å². The topological polar surface area (TPSA) is 68.5 Å². The number of hydrogen-bond donors (Lipinski definition) is 0. The fourth-order valence-electron chi connectivity index (χ4n) is 3.55. The summed E-state index contributed by atoms with van der Waals surface area (Å²) in [5, 5.41) is 4.08. The monoisotopic (exact) mass is 381 g/mol. The molecule has 144 valence electrons. The smallest absolute Gasteiger partial charge is 0.249 e. The van der Waals surface area contributed by atoms with Crippen molar-refractivity contribution >= 4 is 5.91 Å². The minimum Gasteiger partial charge on any atom is -0.496 e. The van der Waals surface area contributed by atoms with Gasteiger partial charge in [0.25, 0.3) is 0 Å². The zero-order valence-electron chi connectivity index (χ0n) is 15.5. The first kappa shape index (κ1) is 18.2. The quantitative estimate of drug-likeness (QED) is 0.673. The molecule has 0 N–H and O–H groups in total. The molecule has 7 heteroatoms. The van der Waals surface area contributed by atoms with Crippen LogP contribution in [0.25, 0.3) is 11.4 Å². The molecule has 2 aromatic carbocycles. The first-order valence-corrected chi connectivity index (χ1v) is 9.16. The Morgan fingerprint density at radius 1 is 1.29 bits per heavy atom. The Hall–Kier alpha value is -3.22. The largest absolute Gasteiger partial charge is 0.496 e. The van der Waals surface area contributed by atoms with E-state index in [4.69, 9.17) is 9.26 Å². The summed E-state index contributed by atoms with van der Waals surface area (Å²) in [7, 11) is 1.59. The fourth-order valence-corrected chi connectivity index (χ4v) is 3.55. The Labute approximate surface area is 161 Å². The van der Waals surface area contributed by atoms with E-state index >= 15 is 0 Å². The second-order valence-electron chi connectivity index (χ2n) is 6.71. The van der Waals surface area contributed by atoms with Crippen molar-refractivity contribution in [1.29, 1.82) is 0 Å². The second-order valence-corrected chi connectivity index (χ2v) is 6.71. The molecule has 1 atom stereocenters. The van der Waals surface area contributed by atoms with E-state index in [0.717, 1.165) is 18.4 Å². The first-order chi connectivity index (χ1) is 13.7. The van der Waals surface area contributed by atoms with Crippen molar-refractivity contribution in [1.82, 2.24) is 15.0 Å². The molecule has 1 aliphatic rings. The maximum absolute atomic E-state index is 13.4. The minimum atomic E-state index is -0.346. The van der Waals surface area contributed by atoms with Crippen LogP contribution < -0.4 is 4.74 Å². The van der Waals surface area contributed by atoms with Crippen LogP contribution in [-0.4, -0.2) is 34.6 Å². The third-order valence-corrected chi connectivity index (χ3v) is 4.89. The molecule has 0 radical (unpaired) electrons. The minimum absolute atomic E-state index is 0.0786. The lowest BCUT2D eigenvalue weighted by atomic mass is 10.1. The number of carbonyl (C=O) groups is 1. The van der Waals surface area contributed by atoms with Crippen LogP contribution in [-0.2, 0) is 11.2 Å². The van der Waals surface area contributed by atoms with Crippen LogP contribution in [0, 0.1) is 5.82 Å². The van der Waals surface area contributed by atoms with Crippen molar-refractivity contribution in [3.05, 3.63) is 65.8 Å². The van der Waals surface area contributed by atoms with Crippen LogP contribution >= 0.6 is 0 Å². The maximum Gasteiger partial charge on any atom is 0.249 e. The summed E-state index contributed by atoms with van der Waals surface area (Å²) in [6, 6.07) is 13.3. The van der Waals surface area contributed by atoms with Crippen molar-refractivity contribution in [2.45, 2.75) is 25.3 Å². The molecule has 1 amide bonds. The Morgan fingerprint density at radius 3 is 2.96 bits per heavy atom. The summed E-state index contributed by atoms with van der Waals surface area (Å²) in [5.74, 6) is 1.06. The van der Waals surface area contributed by atoms with Crippen molar-refractivity contribution < 1.29 is 18.4 Å². The van der Waals surface area contributed by atoms with E-state index in [1.807, 2.05) is 24.3 Å². The molecule has 4 rings (SSSR count). The highest BCUT2D eigenvalue weighted by atomic mass is 19.1. The predicted molar refractivity (Wildman–Crippen MR) is 100 cm³/mol. The molecule has 0 bridgehead atoms. The molecule has 0 saturated carbocycles. The highest BCUT2D eigenvalue weighted by Gasteiger charge is 2.34. The van der Waals surface area contributed by atoms with Gasteiger partial charge in [0.15, 0.2) is 0 Å². The van der Waals surface area contributed by atoms with Gasteiger partial charge in [-0.05, 0) is 42.7 Å². The Morgan fingerprint density at radius 2 is 2.14 bits per heavy atom. The molecule has 2 heterocycles. The van der Waals surface area contributed by atoms with Gasteiger partial charge in [0, 0.05) is 6.54 Å². The van der Waals surface area contributed by atoms with Crippen LogP contribution in [0.2, 0.25) is 0 Å². The van der Waals surface area contributed by atoms with Gasteiger partial charge >= 0.3 is 0 Å². The number of rotatable bonds is 5. The molecule has 0 spiro atoms. The van der Waals surface area contributed by atoms with Crippen LogP contribution in [0.15, 0.2) is 53.1 Å². The van der Waals surface area contributed by atoms with Crippen LogP contribution in [0.5, 0.6) is 5.75 Å². The fraction of sp³-hybridized carbons (Fsp3) is 0.286. The summed E-state index contributed by atoms with van der Waals surface area (Å²) in [6.07, 6.45) is 1.75. The molecule has 1 fully saturated rings. The molecule has 1 aromatic heterocycles. The van der Waals surface area contributed by atoms with Gasteiger partial charge in [0.05, 0.1) is 19.1 Å². The number of amides is 1. The van der Waals surface area contributed by atoms with Crippen molar-refractivity contribution in [2.75, 3.05) is 13.7 Å². The number of methoxy groups -OCH3 is 1. The van der Waals surface area contributed by atoms with Gasteiger partial charge in [-0.15, -0.1) is 0 Å². The van der Waals surface area contributed by atoms with E-state index in [1.165, 1.54) is 12.1 Å². The van der Waals surface area contributed by atoms with Gasteiger partial charge in [-0.2, -0.15) is 4.98 Å². The summed E-state index contributed by atoms with van der Waals surface area (Å²) in [4.78, 5) is 19.0. The van der Waals surface area contributed by atoms with E-state index in [-0.39, 0.29) is 24.2 Å². The number of para-hydroxylation sites is 1. The highest BCUT2D eigenvalue weighted by molar-refractivity contribution is 5.79. The van der Waals surface area contributed by atoms with E-state index in [2.05, 4.69) is 10.1 Å². The van der Waals surface area contributed by atoms with Gasteiger partial charge in [-0.25, -0.2) is 4.39 Å². The van der Waals surface area contributed by atoms with Gasteiger partial charge in [-0.1, -0.05) is 29.4 Å². The lowest BCUT2D eigenvalue weighted by Crippen LogP contribution is -2.32. The zero-order chi connectivity index (χ0) is 19.5. The molecular formula is C21H20FN3O3. The normalized spacial score (nSPS) is 16.4. The highest BCUT2D eigenvalue weighted by Crippen LogP contribution is 2.34. The number of nitrogens with zero attached hydrogens (tertiary/aromatic N) is 3. The molecule has 3 aromatic rings. The number of halogens is 1. The summed E-state index contributed by atoms with van der Waals surface area (Å²) >= 11 is 0. The van der Waals surface area contributed by atoms with Crippen LogP contribution in [0.4, 0.5) is 4.39 Å². The maximum atomic E-state index is 13.4. The van der Waals surface area contributed by atoms with Crippen molar-refractivity contribution in [3.8, 4) is 17.1 Å². The summed E-state index contributed by atoms with van der Waals surface area (Å²) < 4.78 is 24.2. The lowest BCUT2D eigenvalue weighted by molar-refractivity contribution is -0.131. The molecule has 28 heavy (non-hydrogen) atoms. The SMILES string of the molecule is COc1ccccc1-c1noc(C2CCCN2C(=O)Cc2cccc(F)c2)n1. The number of carbonyl (C=O) groups excluding carboxylic acids is 1. The van der Waals surface area contributed by atoms with Gasteiger partial charge < -0.3 is 14.2 Å². The van der Waals surface area contributed by atoms with Crippen LogP contribution in [0.1, 0.15) is 30.3 Å². The number of aromatic nitrogens is 2. The summed E-state index contributed by atoms with van der Waals surface area (Å²) in [6.45, 7) is 0.616. The Bertz CT molecular complexity index is 988. The predicted octanol–water partition coefficient (Wildman–Crippen LogP) is 3.79. The van der Waals surface area contributed by atoms with E-state index in [0.29, 0.717) is 29.6 Å². The van der Waals surface area contributed by atoms with Crippen LogP contribution in [0.3, 0.4) is 0 Å². The molecule has 1 unspecified atom stereocenters. The third kappa shape index (κ3) is 3.60. The van der Waals surface area contributed by atoms with Gasteiger partial charge in [0.2, 0.25) is 17.6 Å². The first-order valence-electron chi connectivity index (χ1n) is 9.16. The number of ether oxygens (including phenoxy) is 1. The van der Waals surface area contributed by atoms with Crippen molar-refractivity contribution in [2.24, 2.45) is 0 Å². The van der Waals surface area contributed by atoms with E-state index in [9.17, 15) is 9.18 Å². The molecular weight excluding hydrogens is 361 g/mol. The average molecular weight is 381 g/mol. The Kier molecular flexibility index (Phi) is 5.06. The molecule has 6 nitrogen and oxygen atoms in total. The average Bonchev–Trinajstić information content (AvgIpc) is 3.37. The lowest BCUT2D eigenvalue weighted by Gasteiger charge is -2.22. The number of hydrogen-bond acceptors (Lipinski definition) is 5. The van der Waals surface area contributed by atoms with E-state index in [1.54, 1.807) is 24.1 Å². The standard InChI is InChI=1S/C21H20FN3O3/c1-27-18-10-3-2-8-16(18)20-23-21(28-24-20)17-9-5-11-25(17)19(26)13-14-6-4-7-15(22)12-14/h2-4,6-8,10,12,17H,5,9,11,13H2,1H3. The second kappa shape index (κ2) is 7.80. The molecule has 0 aliphatic carbocycles. The van der Waals surface area contributed by atoms with E-state index < -0.39 is 0 Å². The Balaban J connectivity index is 1.54. The van der Waals surface area contributed by atoms with Gasteiger partial charge in [-0.3, -0.25) is 4.79 Å². The molecule has 1 saturated heterocycles. The number of benzene rings is 2. The number of likely N-dealkylation sites (tertiary alicyclic amines) is 1. The molecule has 1 aliphatic heterocycles. The zero-order valence-corrected chi connectivity index (χ0v) is 15.5. The third-order valence-electron chi connectivity index (χ3n) is 4.89.